The van der Waals surface area contributed by atoms with E-state index in [1.165, 1.54) is 83.5 Å². The van der Waals surface area contributed by atoms with Gasteiger partial charge in [0.25, 0.3) is 0 Å². The van der Waals surface area contributed by atoms with E-state index < -0.39 is 0 Å². The lowest BCUT2D eigenvalue weighted by atomic mass is 10.0. The molecule has 0 aromatic heterocycles. The number of unbranched alkanes of at least 4 members (excludes halogenated alkanes) is 9. The quantitative estimate of drug-likeness (QED) is 0.251. The lowest BCUT2D eigenvalue weighted by molar-refractivity contribution is 0.273. The van der Waals surface area contributed by atoms with Crippen molar-refractivity contribution in [2.75, 3.05) is 6.61 Å². The number of hydrogen-bond donors (Lipinski definition) is 0. The number of epoxide rings is 1. The summed E-state index contributed by atoms with van der Waals surface area (Å²) in [4.78, 5) is 4.62. The first kappa shape index (κ1) is 20.7. The summed E-state index contributed by atoms with van der Waals surface area (Å²) >= 11 is 0. The molecule has 3 nitrogen and oxygen atoms in total. The normalized spacial score (nSPS) is 24.2. The summed E-state index contributed by atoms with van der Waals surface area (Å²) in [5.41, 5.74) is 0.00905. The summed E-state index contributed by atoms with van der Waals surface area (Å²) in [6.45, 7) is 7.31. The van der Waals surface area contributed by atoms with Gasteiger partial charge in [-0.1, -0.05) is 71.1 Å². The first-order valence-corrected chi connectivity index (χ1v) is 11.0. The second-order valence-corrected chi connectivity index (χ2v) is 8.68. The summed E-state index contributed by atoms with van der Waals surface area (Å²) in [6.07, 6.45) is 19.7. The van der Waals surface area contributed by atoms with Gasteiger partial charge in [-0.2, -0.15) is 0 Å². The predicted octanol–water partition coefficient (Wildman–Crippen LogP) is 6.44. The SMILES string of the molecule is CCCCCCC1OC1CCCCCCCCCC1=NC(C)(C)CO1. The Balaban J connectivity index is 1.31. The van der Waals surface area contributed by atoms with Gasteiger partial charge in [0.1, 0.15) is 6.61 Å². The van der Waals surface area contributed by atoms with Crippen molar-refractivity contribution in [2.45, 2.75) is 128 Å². The van der Waals surface area contributed by atoms with Crippen molar-refractivity contribution in [1.82, 2.24) is 0 Å². The second kappa shape index (κ2) is 11.2. The van der Waals surface area contributed by atoms with E-state index in [1.54, 1.807) is 0 Å². The Kier molecular flexibility index (Phi) is 9.30. The van der Waals surface area contributed by atoms with Crippen molar-refractivity contribution in [2.24, 2.45) is 4.99 Å². The highest BCUT2D eigenvalue weighted by atomic mass is 16.6. The van der Waals surface area contributed by atoms with E-state index >= 15 is 0 Å². The fraction of sp³-hybridized carbons (Fsp3) is 0.955. The standard InChI is InChI=1S/C22H41NO2/c1-4-5-6-12-15-19-20(25-19)16-13-10-8-7-9-11-14-17-21-23-22(2,3)18-24-21/h19-20H,4-18H2,1-3H3. The Bertz CT molecular complexity index is 391. The van der Waals surface area contributed by atoms with Gasteiger partial charge in [-0.3, -0.25) is 0 Å². The topological polar surface area (TPSA) is 34.1 Å². The van der Waals surface area contributed by atoms with Crippen LogP contribution in [0, 0.1) is 0 Å². The molecule has 0 saturated carbocycles. The summed E-state index contributed by atoms with van der Waals surface area (Å²) in [6, 6.07) is 0. The smallest absolute Gasteiger partial charge is 0.183 e. The number of rotatable bonds is 15. The first-order chi connectivity index (χ1) is 12.1. The van der Waals surface area contributed by atoms with Crippen molar-refractivity contribution in [3.05, 3.63) is 0 Å². The molecule has 1 fully saturated rings. The molecule has 0 aromatic rings. The largest absolute Gasteiger partial charge is 0.478 e. The molecule has 2 atom stereocenters. The Morgan fingerprint density at radius 3 is 1.96 bits per heavy atom. The van der Waals surface area contributed by atoms with Crippen LogP contribution < -0.4 is 0 Å². The van der Waals surface area contributed by atoms with Gasteiger partial charge in [0.2, 0.25) is 0 Å². The van der Waals surface area contributed by atoms with Crippen molar-refractivity contribution < 1.29 is 9.47 Å². The van der Waals surface area contributed by atoms with Crippen LogP contribution in [0.15, 0.2) is 4.99 Å². The molecule has 2 heterocycles. The van der Waals surface area contributed by atoms with Gasteiger partial charge in [-0.15, -0.1) is 0 Å². The maximum absolute atomic E-state index is 5.80. The van der Waals surface area contributed by atoms with E-state index in [0.717, 1.165) is 18.9 Å². The van der Waals surface area contributed by atoms with Crippen molar-refractivity contribution in [1.29, 1.82) is 0 Å². The van der Waals surface area contributed by atoms with Gasteiger partial charge in [0, 0.05) is 6.42 Å². The molecule has 0 amide bonds. The molecule has 0 spiro atoms. The molecular formula is C22H41NO2. The molecule has 146 valence electrons. The highest BCUT2D eigenvalue weighted by Gasteiger charge is 2.36. The van der Waals surface area contributed by atoms with Gasteiger partial charge in [-0.05, 0) is 33.1 Å². The number of aliphatic imine (C=N–C) groups is 1. The number of hydrogen-bond acceptors (Lipinski definition) is 3. The van der Waals surface area contributed by atoms with Crippen LogP contribution in [0.3, 0.4) is 0 Å². The lowest BCUT2D eigenvalue weighted by Crippen LogP contribution is -2.17. The van der Waals surface area contributed by atoms with Gasteiger partial charge in [0.15, 0.2) is 5.90 Å². The molecular weight excluding hydrogens is 310 g/mol. The Hall–Kier alpha value is -0.570. The van der Waals surface area contributed by atoms with Crippen molar-refractivity contribution in [3.8, 4) is 0 Å². The molecule has 0 aromatic carbocycles. The van der Waals surface area contributed by atoms with Crippen LogP contribution in [-0.4, -0.2) is 30.3 Å². The van der Waals surface area contributed by atoms with Crippen LogP contribution in [0.25, 0.3) is 0 Å². The minimum Gasteiger partial charge on any atom is -0.478 e. The molecule has 2 rings (SSSR count). The summed E-state index contributed by atoms with van der Waals surface area (Å²) in [7, 11) is 0. The molecule has 2 aliphatic heterocycles. The van der Waals surface area contributed by atoms with Crippen LogP contribution in [0.5, 0.6) is 0 Å². The molecule has 0 radical (unpaired) electrons. The van der Waals surface area contributed by atoms with Crippen LogP contribution in [-0.2, 0) is 9.47 Å². The Morgan fingerprint density at radius 2 is 1.40 bits per heavy atom. The maximum Gasteiger partial charge on any atom is 0.183 e. The monoisotopic (exact) mass is 351 g/mol. The zero-order chi connectivity index (χ0) is 18.0. The summed E-state index contributed by atoms with van der Waals surface area (Å²) < 4.78 is 11.4. The van der Waals surface area contributed by atoms with E-state index in [4.69, 9.17) is 9.47 Å². The van der Waals surface area contributed by atoms with Crippen molar-refractivity contribution in [3.63, 3.8) is 0 Å². The zero-order valence-corrected chi connectivity index (χ0v) is 17.0. The fourth-order valence-corrected chi connectivity index (χ4v) is 3.76. The molecule has 0 bridgehead atoms. The van der Waals surface area contributed by atoms with Crippen molar-refractivity contribution >= 4 is 5.90 Å². The van der Waals surface area contributed by atoms with E-state index in [0.29, 0.717) is 12.2 Å². The van der Waals surface area contributed by atoms with E-state index in [1.807, 2.05) is 0 Å². The third-order valence-corrected chi connectivity index (χ3v) is 5.43. The van der Waals surface area contributed by atoms with Gasteiger partial charge >= 0.3 is 0 Å². The van der Waals surface area contributed by atoms with Crippen LogP contribution in [0.1, 0.15) is 111 Å². The summed E-state index contributed by atoms with van der Waals surface area (Å²) in [5, 5.41) is 0. The molecule has 0 N–H and O–H groups in total. The third kappa shape index (κ3) is 9.08. The van der Waals surface area contributed by atoms with Gasteiger partial charge in [-0.25, -0.2) is 4.99 Å². The van der Waals surface area contributed by atoms with E-state index in [9.17, 15) is 0 Å². The third-order valence-electron chi connectivity index (χ3n) is 5.43. The number of nitrogens with zero attached hydrogens (tertiary/aromatic N) is 1. The molecule has 2 aliphatic rings. The number of ether oxygens (including phenoxy) is 2. The molecule has 2 unspecified atom stereocenters. The zero-order valence-electron chi connectivity index (χ0n) is 17.0. The predicted molar refractivity (Wildman–Crippen MR) is 106 cm³/mol. The van der Waals surface area contributed by atoms with E-state index in [-0.39, 0.29) is 5.54 Å². The highest BCUT2D eigenvalue weighted by Crippen LogP contribution is 2.31. The second-order valence-electron chi connectivity index (χ2n) is 8.68. The lowest BCUT2D eigenvalue weighted by Gasteiger charge is -2.07. The van der Waals surface area contributed by atoms with Gasteiger partial charge in [0.05, 0.1) is 17.7 Å². The highest BCUT2D eigenvalue weighted by molar-refractivity contribution is 5.78. The fourth-order valence-electron chi connectivity index (χ4n) is 3.76. The minimum atomic E-state index is 0.00905. The van der Waals surface area contributed by atoms with Crippen LogP contribution >= 0.6 is 0 Å². The van der Waals surface area contributed by atoms with Crippen LogP contribution in [0.2, 0.25) is 0 Å². The summed E-state index contributed by atoms with van der Waals surface area (Å²) in [5.74, 6) is 0.985. The molecule has 25 heavy (non-hydrogen) atoms. The van der Waals surface area contributed by atoms with E-state index in [2.05, 4.69) is 25.8 Å². The van der Waals surface area contributed by atoms with Crippen LogP contribution in [0.4, 0.5) is 0 Å². The average molecular weight is 352 g/mol. The first-order valence-electron chi connectivity index (χ1n) is 11.0. The maximum atomic E-state index is 5.80. The average Bonchev–Trinajstić information content (AvgIpc) is 3.23. The van der Waals surface area contributed by atoms with Gasteiger partial charge < -0.3 is 9.47 Å². The Morgan fingerprint density at radius 1 is 0.840 bits per heavy atom. The molecule has 1 saturated heterocycles. The Labute approximate surface area is 156 Å². The minimum absolute atomic E-state index is 0.00905. The molecule has 3 heteroatoms. The molecule has 0 aliphatic carbocycles.